The van der Waals surface area contributed by atoms with Gasteiger partial charge in [0.05, 0.1) is 15.8 Å². The Bertz CT molecular complexity index is 3010. The maximum atomic E-state index is 2.41. The van der Waals surface area contributed by atoms with Gasteiger partial charge in [0.1, 0.15) is 0 Å². The standard InChI is InChI=1S/C55H37NS/c1-4-17-39(18-5-1)45-27-15-28-48-49-29-16-32-52(54(49)57-53(45)48)56(43-23-8-3-9-24-43)44-35-33-38(34-36-44)40-19-14-22-42(37-40)55(41-20-6-2-7-21-41)50-30-12-10-25-46(50)47-26-11-13-31-51(47)55/h1-37H. The summed E-state index contributed by atoms with van der Waals surface area (Å²) in [4.78, 5) is 2.41. The van der Waals surface area contributed by atoms with E-state index < -0.39 is 5.41 Å². The Kier molecular flexibility index (Phi) is 7.98. The monoisotopic (exact) mass is 743 g/mol. The van der Waals surface area contributed by atoms with Crippen LogP contribution >= 0.6 is 11.3 Å². The van der Waals surface area contributed by atoms with Crippen molar-refractivity contribution in [3.63, 3.8) is 0 Å². The lowest BCUT2D eigenvalue weighted by atomic mass is 9.67. The molecule has 0 saturated heterocycles. The van der Waals surface area contributed by atoms with Crippen molar-refractivity contribution >= 4 is 48.6 Å². The summed E-state index contributed by atoms with van der Waals surface area (Å²) in [6.07, 6.45) is 0. The Balaban J connectivity index is 1.04. The molecule has 0 saturated carbocycles. The smallest absolute Gasteiger partial charge is 0.0713 e. The first-order valence-electron chi connectivity index (χ1n) is 19.6. The van der Waals surface area contributed by atoms with E-state index in [-0.39, 0.29) is 0 Å². The number of para-hydroxylation sites is 1. The highest BCUT2D eigenvalue weighted by atomic mass is 32.1. The maximum Gasteiger partial charge on any atom is 0.0713 e. The predicted molar refractivity (Wildman–Crippen MR) is 242 cm³/mol. The molecule has 0 atom stereocenters. The van der Waals surface area contributed by atoms with Crippen molar-refractivity contribution in [1.82, 2.24) is 0 Å². The van der Waals surface area contributed by atoms with Crippen molar-refractivity contribution in [3.8, 4) is 33.4 Å². The molecule has 0 aliphatic heterocycles. The molecule has 0 radical (unpaired) electrons. The Morgan fingerprint density at radius 3 is 1.54 bits per heavy atom. The number of hydrogen-bond donors (Lipinski definition) is 0. The first-order valence-corrected chi connectivity index (χ1v) is 20.4. The van der Waals surface area contributed by atoms with Gasteiger partial charge in [0.15, 0.2) is 0 Å². The minimum atomic E-state index is -0.433. The van der Waals surface area contributed by atoms with E-state index >= 15 is 0 Å². The number of nitrogens with zero attached hydrogens (tertiary/aromatic N) is 1. The van der Waals surface area contributed by atoms with E-state index in [1.807, 2.05) is 11.3 Å². The Morgan fingerprint density at radius 1 is 0.333 bits per heavy atom. The van der Waals surface area contributed by atoms with Crippen LogP contribution in [-0.4, -0.2) is 0 Å². The highest BCUT2D eigenvalue weighted by Gasteiger charge is 2.45. The van der Waals surface area contributed by atoms with Crippen molar-refractivity contribution in [1.29, 1.82) is 0 Å². The quantitative estimate of drug-likeness (QED) is 0.157. The van der Waals surface area contributed by atoms with Crippen LogP contribution in [0.1, 0.15) is 22.3 Å². The minimum Gasteiger partial charge on any atom is -0.309 e. The van der Waals surface area contributed by atoms with Crippen LogP contribution in [-0.2, 0) is 5.41 Å². The van der Waals surface area contributed by atoms with Gasteiger partial charge in [-0.05, 0) is 92.0 Å². The summed E-state index contributed by atoms with van der Waals surface area (Å²) in [7, 11) is 0. The van der Waals surface area contributed by atoms with E-state index in [9.17, 15) is 0 Å². The molecule has 10 aromatic rings. The Hall–Kier alpha value is -7.00. The van der Waals surface area contributed by atoms with E-state index in [1.165, 1.54) is 81.5 Å². The molecular formula is C55H37NS. The molecule has 1 aliphatic carbocycles. The topological polar surface area (TPSA) is 3.24 Å². The zero-order valence-electron chi connectivity index (χ0n) is 31.2. The fraction of sp³-hybridized carbons (Fsp3) is 0.0182. The van der Waals surface area contributed by atoms with Crippen LogP contribution in [0.15, 0.2) is 224 Å². The van der Waals surface area contributed by atoms with Gasteiger partial charge >= 0.3 is 0 Å². The zero-order chi connectivity index (χ0) is 37.8. The second kappa shape index (κ2) is 13.6. The Morgan fingerprint density at radius 2 is 0.842 bits per heavy atom. The van der Waals surface area contributed by atoms with Gasteiger partial charge in [-0.25, -0.2) is 0 Å². The summed E-state index contributed by atoms with van der Waals surface area (Å²) in [6.45, 7) is 0. The second-order valence-electron chi connectivity index (χ2n) is 14.8. The van der Waals surface area contributed by atoms with Crippen LogP contribution < -0.4 is 4.90 Å². The lowest BCUT2D eigenvalue weighted by Gasteiger charge is -2.34. The van der Waals surface area contributed by atoms with Crippen LogP contribution in [0.3, 0.4) is 0 Å². The summed E-state index contributed by atoms with van der Waals surface area (Å²) in [5.74, 6) is 0. The molecule has 1 aliphatic rings. The van der Waals surface area contributed by atoms with Crippen molar-refractivity contribution in [2.24, 2.45) is 0 Å². The number of hydrogen-bond acceptors (Lipinski definition) is 2. The molecule has 2 heteroatoms. The van der Waals surface area contributed by atoms with E-state index in [2.05, 4.69) is 229 Å². The number of thiophene rings is 1. The number of anilines is 3. The third-order valence-corrected chi connectivity index (χ3v) is 13.0. The third kappa shape index (κ3) is 5.29. The summed E-state index contributed by atoms with van der Waals surface area (Å²) in [6, 6.07) is 82.2. The number of fused-ring (bicyclic) bond motifs is 6. The maximum absolute atomic E-state index is 2.41. The fourth-order valence-electron chi connectivity index (χ4n) is 9.28. The first-order chi connectivity index (χ1) is 28.3. The highest BCUT2D eigenvalue weighted by molar-refractivity contribution is 7.27. The van der Waals surface area contributed by atoms with Crippen molar-refractivity contribution in [2.75, 3.05) is 4.90 Å². The van der Waals surface area contributed by atoms with E-state index in [0.29, 0.717) is 0 Å². The molecule has 0 spiro atoms. The van der Waals surface area contributed by atoms with Gasteiger partial charge in [0.2, 0.25) is 0 Å². The minimum absolute atomic E-state index is 0.433. The first kappa shape index (κ1) is 33.3. The molecule has 268 valence electrons. The van der Waals surface area contributed by atoms with Crippen LogP contribution in [0.2, 0.25) is 0 Å². The van der Waals surface area contributed by atoms with Crippen LogP contribution in [0.5, 0.6) is 0 Å². The van der Waals surface area contributed by atoms with Crippen LogP contribution in [0, 0.1) is 0 Å². The van der Waals surface area contributed by atoms with Crippen molar-refractivity contribution in [2.45, 2.75) is 5.41 Å². The normalized spacial score (nSPS) is 12.7. The molecular weight excluding hydrogens is 707 g/mol. The third-order valence-electron chi connectivity index (χ3n) is 11.8. The zero-order valence-corrected chi connectivity index (χ0v) is 32.0. The van der Waals surface area contributed by atoms with Crippen LogP contribution in [0.25, 0.3) is 53.6 Å². The summed E-state index contributed by atoms with van der Waals surface area (Å²) < 4.78 is 2.59. The molecule has 0 N–H and O–H groups in total. The lowest BCUT2D eigenvalue weighted by Crippen LogP contribution is -2.28. The van der Waals surface area contributed by atoms with Crippen molar-refractivity contribution in [3.05, 3.63) is 247 Å². The average molecular weight is 744 g/mol. The van der Waals surface area contributed by atoms with Gasteiger partial charge in [-0.1, -0.05) is 188 Å². The van der Waals surface area contributed by atoms with Gasteiger partial charge in [-0.2, -0.15) is 0 Å². The van der Waals surface area contributed by atoms with E-state index in [4.69, 9.17) is 0 Å². The van der Waals surface area contributed by atoms with E-state index in [1.54, 1.807) is 0 Å². The van der Waals surface area contributed by atoms with Gasteiger partial charge in [-0.15, -0.1) is 11.3 Å². The van der Waals surface area contributed by atoms with Crippen LogP contribution in [0.4, 0.5) is 17.1 Å². The number of rotatable bonds is 7. The highest BCUT2D eigenvalue weighted by Crippen LogP contribution is 2.56. The predicted octanol–water partition coefficient (Wildman–Crippen LogP) is 15.2. The molecule has 1 nitrogen and oxygen atoms in total. The molecule has 1 heterocycles. The lowest BCUT2D eigenvalue weighted by molar-refractivity contribution is 0.769. The van der Waals surface area contributed by atoms with Gasteiger partial charge in [0.25, 0.3) is 0 Å². The van der Waals surface area contributed by atoms with Crippen molar-refractivity contribution < 1.29 is 0 Å². The number of benzene rings is 9. The largest absolute Gasteiger partial charge is 0.309 e. The Labute approximate surface area is 337 Å². The summed E-state index contributed by atoms with van der Waals surface area (Å²) in [5, 5.41) is 2.57. The van der Waals surface area contributed by atoms with Gasteiger partial charge < -0.3 is 4.90 Å². The molecule has 1 aromatic heterocycles. The second-order valence-corrected chi connectivity index (χ2v) is 15.8. The molecule has 9 aromatic carbocycles. The van der Waals surface area contributed by atoms with Gasteiger partial charge in [-0.3, -0.25) is 0 Å². The molecule has 57 heavy (non-hydrogen) atoms. The molecule has 0 unspecified atom stereocenters. The van der Waals surface area contributed by atoms with Gasteiger partial charge in [0, 0.05) is 26.8 Å². The van der Waals surface area contributed by atoms with E-state index in [0.717, 1.165) is 11.4 Å². The molecule has 0 amide bonds. The molecule has 0 bridgehead atoms. The average Bonchev–Trinajstić information content (AvgIpc) is 3.83. The summed E-state index contributed by atoms with van der Waals surface area (Å²) >= 11 is 1.89. The molecule has 11 rings (SSSR count). The SMILES string of the molecule is c1ccc(-c2cccc3c2sc2c(N(c4ccccc4)c4ccc(-c5cccc(C6(c7ccccc7)c7ccccc7-c7ccccc76)c5)cc4)cccc23)cc1. The summed E-state index contributed by atoms with van der Waals surface area (Å²) in [5.41, 5.74) is 15.7. The fourth-order valence-corrected chi connectivity index (χ4v) is 10.6. The molecule has 0 fully saturated rings.